The van der Waals surface area contributed by atoms with Crippen LogP contribution in [0.1, 0.15) is 19.8 Å². The summed E-state index contributed by atoms with van der Waals surface area (Å²) in [5.74, 6) is 0.129. The highest BCUT2D eigenvalue weighted by molar-refractivity contribution is 5.02. The highest BCUT2D eigenvalue weighted by atomic mass is 19.4. The van der Waals surface area contributed by atoms with Gasteiger partial charge in [0.15, 0.2) is 0 Å². The van der Waals surface area contributed by atoms with Gasteiger partial charge in [0, 0.05) is 37.1 Å². The van der Waals surface area contributed by atoms with Gasteiger partial charge in [0.1, 0.15) is 0 Å². The Hall–Kier alpha value is -1.51. The lowest BCUT2D eigenvalue weighted by atomic mass is 9.99. The van der Waals surface area contributed by atoms with Gasteiger partial charge in [0.25, 0.3) is 0 Å². The molecule has 0 radical (unpaired) electrons. The van der Waals surface area contributed by atoms with Crippen LogP contribution in [0.3, 0.4) is 0 Å². The van der Waals surface area contributed by atoms with Crippen LogP contribution < -0.4 is 21.7 Å². The van der Waals surface area contributed by atoms with E-state index in [1.54, 1.807) is 20.2 Å². The molecule has 5 N–H and O–H groups in total. The van der Waals surface area contributed by atoms with Crippen molar-refractivity contribution in [1.29, 1.82) is 0 Å². The van der Waals surface area contributed by atoms with Crippen molar-refractivity contribution in [3.05, 3.63) is 37.2 Å². The normalized spacial score (nSPS) is 15.2. The molecule has 0 heterocycles. The lowest BCUT2D eigenvalue weighted by molar-refractivity contribution is -0.146. The predicted molar refractivity (Wildman–Crippen MR) is 107 cm³/mol. The average molecular weight is 392 g/mol. The van der Waals surface area contributed by atoms with Gasteiger partial charge in [-0.3, -0.25) is 4.90 Å². The number of nitrogens with one attached hydrogen (secondary N) is 3. The van der Waals surface area contributed by atoms with E-state index in [0.717, 1.165) is 6.42 Å². The zero-order chi connectivity index (χ0) is 21.0. The molecule has 0 aromatic rings. The molecule has 0 bridgehead atoms. The molecule has 0 spiro atoms. The molecule has 5 nitrogen and oxygen atoms in total. The van der Waals surface area contributed by atoms with Gasteiger partial charge < -0.3 is 21.7 Å². The van der Waals surface area contributed by atoms with Crippen LogP contribution >= 0.6 is 0 Å². The van der Waals surface area contributed by atoms with E-state index in [1.807, 2.05) is 6.92 Å². The third kappa shape index (κ3) is 12.5. The number of halogens is 3. The molecule has 3 atom stereocenters. The van der Waals surface area contributed by atoms with Crippen molar-refractivity contribution in [3.63, 3.8) is 0 Å². The minimum absolute atomic E-state index is 0.0832. The lowest BCUT2D eigenvalue weighted by Gasteiger charge is -2.31. The molecular weight excluding hydrogens is 355 g/mol. The van der Waals surface area contributed by atoms with Crippen LogP contribution in [0.15, 0.2) is 37.2 Å². The van der Waals surface area contributed by atoms with Crippen LogP contribution in [0.4, 0.5) is 13.2 Å². The van der Waals surface area contributed by atoms with Crippen molar-refractivity contribution >= 4 is 0 Å². The molecule has 0 aliphatic carbocycles. The molecule has 0 fully saturated rings. The summed E-state index contributed by atoms with van der Waals surface area (Å²) in [6.07, 6.45) is -1.19. The van der Waals surface area contributed by atoms with Crippen LogP contribution in [0, 0.1) is 5.92 Å². The van der Waals surface area contributed by atoms with E-state index in [4.69, 9.17) is 5.73 Å². The maximum Gasteiger partial charge on any atom is 0.401 e. The second kappa shape index (κ2) is 12.8. The van der Waals surface area contributed by atoms with Crippen molar-refractivity contribution < 1.29 is 13.2 Å². The van der Waals surface area contributed by atoms with Crippen LogP contribution in [0.25, 0.3) is 0 Å². The number of nitrogens with zero attached hydrogens (tertiary/aromatic N) is 1. The Morgan fingerprint density at radius 1 is 1.19 bits per heavy atom. The number of allylic oxidation sites excluding steroid dienone is 1. The second-order valence-corrected chi connectivity index (χ2v) is 6.97. The number of hydrogen-bond donors (Lipinski definition) is 4. The highest BCUT2D eigenvalue weighted by Crippen LogP contribution is 2.18. The van der Waals surface area contributed by atoms with E-state index in [1.165, 1.54) is 4.90 Å². The van der Waals surface area contributed by atoms with Crippen LogP contribution in [-0.4, -0.2) is 63.4 Å². The summed E-state index contributed by atoms with van der Waals surface area (Å²) < 4.78 is 39.2. The number of hydrogen-bond acceptors (Lipinski definition) is 5. The highest BCUT2D eigenvalue weighted by Gasteiger charge is 2.32. The van der Waals surface area contributed by atoms with Crippen molar-refractivity contribution in [2.75, 3.05) is 40.3 Å². The Bertz CT molecular complexity index is 465. The van der Waals surface area contributed by atoms with Gasteiger partial charge in [-0.2, -0.15) is 13.2 Å². The maximum absolute atomic E-state index is 13.1. The molecule has 0 aromatic carbocycles. The fraction of sp³-hybridized carbons (Fsp3) is 0.684. The van der Waals surface area contributed by atoms with E-state index in [0.29, 0.717) is 24.4 Å². The van der Waals surface area contributed by atoms with E-state index in [9.17, 15) is 13.2 Å². The topological polar surface area (TPSA) is 65.3 Å². The van der Waals surface area contributed by atoms with Gasteiger partial charge in [-0.15, -0.1) is 6.58 Å². The van der Waals surface area contributed by atoms with Gasteiger partial charge in [0.05, 0.1) is 12.6 Å². The molecule has 0 amide bonds. The van der Waals surface area contributed by atoms with Gasteiger partial charge >= 0.3 is 6.18 Å². The maximum atomic E-state index is 13.1. The summed E-state index contributed by atoms with van der Waals surface area (Å²) in [5.41, 5.74) is 6.99. The van der Waals surface area contributed by atoms with Crippen LogP contribution in [-0.2, 0) is 0 Å². The summed E-state index contributed by atoms with van der Waals surface area (Å²) >= 11 is 0. The molecule has 0 aliphatic rings. The first-order chi connectivity index (χ1) is 12.5. The molecule has 0 aliphatic heterocycles. The minimum atomic E-state index is -4.27. The first-order valence-corrected chi connectivity index (χ1v) is 9.14. The van der Waals surface area contributed by atoms with Crippen molar-refractivity contribution in [3.8, 4) is 0 Å². The first kappa shape index (κ1) is 25.5. The number of alkyl halides is 3. The predicted octanol–water partition coefficient (Wildman–Crippen LogP) is 2.20. The molecular formula is C19H36F3N5. The first-order valence-electron chi connectivity index (χ1n) is 9.14. The zero-order valence-corrected chi connectivity index (χ0v) is 16.8. The Balaban J connectivity index is 4.96. The molecule has 3 unspecified atom stereocenters. The Morgan fingerprint density at radius 3 is 2.26 bits per heavy atom. The summed E-state index contributed by atoms with van der Waals surface area (Å²) in [6.45, 7) is 13.3. The Kier molecular flexibility index (Phi) is 12.1. The van der Waals surface area contributed by atoms with Gasteiger partial charge in [-0.25, -0.2) is 0 Å². The van der Waals surface area contributed by atoms with Crippen molar-refractivity contribution in [1.82, 2.24) is 20.9 Å². The van der Waals surface area contributed by atoms with Crippen LogP contribution in [0.2, 0.25) is 0 Å². The third-order valence-electron chi connectivity index (χ3n) is 4.39. The van der Waals surface area contributed by atoms with Gasteiger partial charge in [-0.1, -0.05) is 26.2 Å². The molecule has 0 saturated carbocycles. The van der Waals surface area contributed by atoms with E-state index < -0.39 is 12.7 Å². The summed E-state index contributed by atoms with van der Waals surface area (Å²) in [7, 11) is 3.54. The molecule has 27 heavy (non-hydrogen) atoms. The number of likely N-dealkylation sites (N-methyl/N-ethyl adjacent to an activating group) is 2. The minimum Gasteiger partial charge on any atom is -0.402 e. The lowest BCUT2D eigenvalue weighted by Crippen LogP contribution is -2.49. The number of nitrogens with two attached hydrogens (primary N) is 1. The third-order valence-corrected chi connectivity index (χ3v) is 4.39. The summed E-state index contributed by atoms with van der Waals surface area (Å²) in [6, 6.07) is -0.409. The molecule has 8 heteroatoms. The Morgan fingerprint density at radius 2 is 1.81 bits per heavy atom. The fourth-order valence-corrected chi connectivity index (χ4v) is 2.72. The Labute approximate surface area is 161 Å². The van der Waals surface area contributed by atoms with Crippen molar-refractivity contribution in [2.45, 2.75) is 38.0 Å². The zero-order valence-electron chi connectivity index (χ0n) is 16.8. The molecule has 0 aromatic heterocycles. The standard InChI is InChI=1S/C19H36F3N5/c1-7-17(26-15(3)10-24-5)11-27(13-19(20,21)22)12-18(25-6)9-8-14(2)16(4)23/h7,14,17-18,24-26H,1,3-4,8-13,23H2,2,5-6H3. The van der Waals surface area contributed by atoms with Crippen molar-refractivity contribution in [2.24, 2.45) is 11.7 Å². The summed E-state index contributed by atoms with van der Waals surface area (Å²) in [4.78, 5) is 1.40. The monoisotopic (exact) mass is 391 g/mol. The molecule has 158 valence electrons. The fourth-order valence-electron chi connectivity index (χ4n) is 2.72. The smallest absolute Gasteiger partial charge is 0.401 e. The largest absolute Gasteiger partial charge is 0.402 e. The number of rotatable bonds is 15. The van der Waals surface area contributed by atoms with E-state index in [2.05, 4.69) is 35.7 Å². The van der Waals surface area contributed by atoms with Crippen LogP contribution in [0.5, 0.6) is 0 Å². The average Bonchev–Trinajstić information content (AvgIpc) is 2.55. The second-order valence-electron chi connectivity index (χ2n) is 6.97. The SMILES string of the molecule is C=CC(CN(CC(CCC(C)C(=C)N)NC)CC(F)(F)F)NC(=C)CNC. The van der Waals surface area contributed by atoms with Gasteiger partial charge in [-0.05, 0) is 32.9 Å². The molecule has 0 saturated heterocycles. The van der Waals surface area contributed by atoms with E-state index >= 15 is 0 Å². The van der Waals surface area contributed by atoms with E-state index in [-0.39, 0.29) is 31.1 Å². The molecule has 0 rings (SSSR count). The quantitative estimate of drug-likeness (QED) is 0.322. The van der Waals surface area contributed by atoms with Gasteiger partial charge in [0.2, 0.25) is 0 Å². The summed E-state index contributed by atoms with van der Waals surface area (Å²) in [5, 5.41) is 9.17.